The molecule has 0 heterocycles. The average molecular weight is 827 g/mol. The first-order valence-electron chi connectivity index (χ1n) is 18.1. The molecule has 8 amide bonds. The molecular weight excluding hydrogens is 772 g/mol. The molecule has 57 heavy (non-hydrogen) atoms. The van der Waals surface area contributed by atoms with Gasteiger partial charge < -0.3 is 58.3 Å². The number of benzene rings is 1. The molecule has 0 aliphatic rings. The van der Waals surface area contributed by atoms with E-state index in [1.165, 1.54) is 0 Å². The van der Waals surface area contributed by atoms with E-state index < -0.39 is 120 Å². The van der Waals surface area contributed by atoms with Crippen LogP contribution in [0.1, 0.15) is 65.9 Å². The topological polar surface area (TPSA) is 328 Å². The highest BCUT2D eigenvalue weighted by Crippen LogP contribution is 2.10. The van der Waals surface area contributed by atoms with Crippen LogP contribution in [0.2, 0.25) is 0 Å². The second-order valence-corrected chi connectivity index (χ2v) is 14.3. The van der Waals surface area contributed by atoms with E-state index in [1.807, 2.05) is 0 Å². The molecule has 0 saturated carbocycles. The van der Waals surface area contributed by atoms with Gasteiger partial charge in [-0.05, 0) is 37.2 Å². The highest BCUT2D eigenvalue weighted by Gasteiger charge is 2.35. The quantitative estimate of drug-likeness (QED) is 0.0467. The van der Waals surface area contributed by atoms with Crippen molar-refractivity contribution in [3.8, 4) is 0 Å². The first-order chi connectivity index (χ1) is 26.7. The van der Waals surface area contributed by atoms with Gasteiger partial charge in [-0.25, -0.2) is 4.79 Å². The number of carbonyl (C=O) groups excluding carboxylic acids is 9. The normalized spacial score (nSPS) is 14.7. The number of hydrogen-bond acceptors (Lipinski definition) is 12. The molecule has 0 radical (unpaired) electrons. The number of nitrogens with two attached hydrogens (primary N) is 2. The summed E-state index contributed by atoms with van der Waals surface area (Å²) in [4.78, 5) is 115. The Hall–Kier alpha value is -5.34. The Morgan fingerprint density at radius 2 is 1.21 bits per heavy atom. The second kappa shape index (κ2) is 25.0. The van der Waals surface area contributed by atoms with Crippen LogP contribution in [0.15, 0.2) is 30.3 Å². The summed E-state index contributed by atoms with van der Waals surface area (Å²) >= 11 is 5.66. The molecule has 0 spiro atoms. The van der Waals surface area contributed by atoms with Crippen molar-refractivity contribution >= 4 is 64.8 Å². The van der Waals surface area contributed by atoms with Gasteiger partial charge in [-0.15, -0.1) is 11.6 Å². The van der Waals surface area contributed by atoms with E-state index in [-0.39, 0.29) is 31.8 Å². The third kappa shape index (κ3) is 18.4. The molecule has 0 saturated heterocycles. The molecule has 1 rings (SSSR count). The van der Waals surface area contributed by atoms with E-state index in [4.69, 9.17) is 27.8 Å². The molecule has 7 atom stereocenters. The predicted molar refractivity (Wildman–Crippen MR) is 204 cm³/mol. The van der Waals surface area contributed by atoms with Gasteiger partial charge in [-0.3, -0.25) is 38.4 Å². The summed E-state index contributed by atoms with van der Waals surface area (Å²) in [5.74, 6) is -8.76. The van der Waals surface area contributed by atoms with Gasteiger partial charge in [-0.2, -0.15) is 0 Å². The molecule has 318 valence electrons. The Kier molecular flexibility index (Phi) is 21.8. The Bertz CT molecular complexity index is 1560. The SMILES string of the molecule is CC(C)C[C@@H](NC(=O)[C@H](NC(=O)[C@@H](CO)NC(=O)[C@@H](CC(N)=O)NC(=O)[C@@H](NC(=O)OCc1ccccc1)C(C)C)[C@H](C)O)C(=O)N[C@@H](CCC(N)=O)C(=O)CCl. The van der Waals surface area contributed by atoms with Crippen LogP contribution in [0.5, 0.6) is 0 Å². The van der Waals surface area contributed by atoms with Crippen LogP contribution in [0, 0.1) is 11.8 Å². The number of primary amides is 2. The maximum Gasteiger partial charge on any atom is 0.408 e. The summed E-state index contributed by atoms with van der Waals surface area (Å²) in [6.07, 6.45) is -3.68. The summed E-state index contributed by atoms with van der Waals surface area (Å²) in [5.41, 5.74) is 11.2. The van der Waals surface area contributed by atoms with Crippen molar-refractivity contribution in [2.75, 3.05) is 12.5 Å². The van der Waals surface area contributed by atoms with Gasteiger partial charge in [0, 0.05) is 6.42 Å². The molecule has 0 aliphatic carbocycles. The molecule has 0 bridgehead atoms. The van der Waals surface area contributed by atoms with E-state index in [0.29, 0.717) is 5.56 Å². The number of ketones is 1. The number of carbonyl (C=O) groups is 9. The van der Waals surface area contributed by atoms with Crippen LogP contribution in [-0.4, -0.2) is 118 Å². The van der Waals surface area contributed by atoms with Crippen molar-refractivity contribution in [1.29, 1.82) is 0 Å². The third-order valence-corrected chi connectivity index (χ3v) is 8.47. The van der Waals surface area contributed by atoms with Crippen LogP contribution < -0.4 is 43.4 Å². The summed E-state index contributed by atoms with van der Waals surface area (Å²) < 4.78 is 5.18. The number of aliphatic hydroxyl groups excluding tert-OH is 2. The van der Waals surface area contributed by atoms with E-state index in [1.54, 1.807) is 58.0 Å². The number of alkyl halides is 1. The summed E-state index contributed by atoms with van der Waals surface area (Å²) in [6.45, 7) is 6.63. The van der Waals surface area contributed by atoms with Crippen LogP contribution in [-0.2, 0) is 49.7 Å². The highest BCUT2D eigenvalue weighted by molar-refractivity contribution is 6.28. The number of hydrogen-bond donors (Lipinski definition) is 10. The summed E-state index contributed by atoms with van der Waals surface area (Å²) in [6, 6.07) is -0.340. The molecule has 12 N–H and O–H groups in total. The number of amides is 8. The first kappa shape index (κ1) is 49.7. The van der Waals surface area contributed by atoms with Gasteiger partial charge >= 0.3 is 6.09 Å². The van der Waals surface area contributed by atoms with Crippen molar-refractivity contribution in [1.82, 2.24) is 31.9 Å². The van der Waals surface area contributed by atoms with Crippen molar-refractivity contribution in [2.24, 2.45) is 23.3 Å². The van der Waals surface area contributed by atoms with Crippen molar-refractivity contribution in [2.45, 2.75) is 109 Å². The van der Waals surface area contributed by atoms with Gasteiger partial charge in [-0.1, -0.05) is 58.0 Å². The van der Waals surface area contributed by atoms with Gasteiger partial charge in [0.1, 0.15) is 36.8 Å². The number of alkyl carbamates (subject to hydrolysis) is 1. The molecule has 20 nitrogen and oxygen atoms in total. The largest absolute Gasteiger partial charge is 0.445 e. The standard InChI is InChI=1S/C36H55ClN8O12/c1-18(2)13-23(31(51)40-22(26(48)15-37)11-12-27(38)49)41-35(55)30(20(5)47)44-33(53)25(16-46)43-32(52)24(14-28(39)50)42-34(54)29(19(3)4)45-36(56)57-17-21-9-7-6-8-10-21/h6-10,18-20,22-25,29-30,46-47H,11-17H2,1-5H3,(H2,38,49)(H2,39,50)(H,40,51)(H,41,55)(H,42,54)(H,43,52)(H,44,53)(H,45,56)/t20-,22-,23+,24+,25+,29-,30+/m0/s1. The van der Waals surface area contributed by atoms with Crippen molar-refractivity contribution < 1.29 is 58.1 Å². The fraction of sp³-hybridized carbons (Fsp3) is 0.583. The van der Waals surface area contributed by atoms with E-state index in [0.717, 1.165) is 6.92 Å². The minimum atomic E-state index is -1.81. The Balaban J connectivity index is 3.11. The maximum atomic E-state index is 13.4. The summed E-state index contributed by atoms with van der Waals surface area (Å²) in [7, 11) is 0. The minimum absolute atomic E-state index is 0.0278. The predicted octanol–water partition coefficient (Wildman–Crippen LogP) is -2.27. The Morgan fingerprint density at radius 3 is 1.72 bits per heavy atom. The molecule has 0 aromatic heterocycles. The Labute approximate surface area is 335 Å². The molecule has 1 aromatic carbocycles. The fourth-order valence-electron chi connectivity index (χ4n) is 5.15. The molecular formula is C36H55ClN8O12. The monoisotopic (exact) mass is 826 g/mol. The first-order valence-corrected chi connectivity index (χ1v) is 18.7. The lowest BCUT2D eigenvalue weighted by molar-refractivity contribution is -0.137. The van der Waals surface area contributed by atoms with Crippen LogP contribution in [0.25, 0.3) is 0 Å². The molecule has 21 heteroatoms. The lowest BCUT2D eigenvalue weighted by Crippen LogP contribution is -2.62. The van der Waals surface area contributed by atoms with E-state index in [2.05, 4.69) is 31.9 Å². The molecule has 0 fully saturated rings. The average Bonchev–Trinajstić information content (AvgIpc) is 3.14. The zero-order valence-corrected chi connectivity index (χ0v) is 33.3. The third-order valence-electron chi connectivity index (χ3n) is 8.21. The van der Waals surface area contributed by atoms with Crippen LogP contribution >= 0.6 is 11.6 Å². The van der Waals surface area contributed by atoms with Gasteiger partial charge in [0.15, 0.2) is 5.78 Å². The van der Waals surface area contributed by atoms with E-state index in [9.17, 15) is 53.4 Å². The molecule has 0 aliphatic heterocycles. The Morgan fingerprint density at radius 1 is 0.684 bits per heavy atom. The number of aliphatic hydroxyl groups is 2. The fourth-order valence-corrected chi connectivity index (χ4v) is 5.34. The number of halogens is 1. The number of nitrogens with one attached hydrogen (secondary N) is 6. The molecule has 0 unspecified atom stereocenters. The lowest BCUT2D eigenvalue weighted by Gasteiger charge is -2.28. The smallest absolute Gasteiger partial charge is 0.408 e. The number of rotatable bonds is 25. The zero-order chi connectivity index (χ0) is 43.4. The number of Topliss-reactive ketones (excluding diaryl/α,β-unsaturated/α-hetero) is 1. The molecule has 1 aromatic rings. The zero-order valence-electron chi connectivity index (χ0n) is 32.5. The van der Waals surface area contributed by atoms with Gasteiger partial charge in [0.25, 0.3) is 0 Å². The highest BCUT2D eigenvalue weighted by atomic mass is 35.5. The maximum absolute atomic E-state index is 13.4. The van der Waals surface area contributed by atoms with E-state index >= 15 is 0 Å². The van der Waals surface area contributed by atoms with Gasteiger partial charge in [0.2, 0.25) is 41.4 Å². The second-order valence-electron chi connectivity index (χ2n) is 14.0. The van der Waals surface area contributed by atoms with Gasteiger partial charge in [0.05, 0.1) is 31.1 Å². The number of ether oxygens (including phenoxy) is 1. The van der Waals surface area contributed by atoms with Crippen molar-refractivity contribution in [3.63, 3.8) is 0 Å². The minimum Gasteiger partial charge on any atom is -0.445 e. The van der Waals surface area contributed by atoms with Crippen molar-refractivity contribution in [3.05, 3.63) is 35.9 Å². The summed E-state index contributed by atoms with van der Waals surface area (Å²) in [5, 5.41) is 34.4. The van der Waals surface area contributed by atoms with Crippen LogP contribution in [0.3, 0.4) is 0 Å². The lowest BCUT2D eigenvalue weighted by atomic mass is 10.0. The van der Waals surface area contributed by atoms with Crippen LogP contribution in [0.4, 0.5) is 4.79 Å².